The predicted octanol–water partition coefficient (Wildman–Crippen LogP) is 1.44. The first-order chi connectivity index (χ1) is 9.19. The molecule has 0 saturated heterocycles. The van der Waals surface area contributed by atoms with Crippen LogP contribution in [0.2, 0.25) is 0 Å². The Labute approximate surface area is 112 Å². The van der Waals surface area contributed by atoms with Crippen LogP contribution in [0.1, 0.15) is 30.2 Å². The highest BCUT2D eigenvalue weighted by molar-refractivity contribution is 5.76. The Hall–Kier alpha value is -2.09. The lowest BCUT2D eigenvalue weighted by Crippen LogP contribution is -2.31. The van der Waals surface area contributed by atoms with Crippen molar-refractivity contribution in [2.45, 2.75) is 26.2 Å². The molecule has 5 heteroatoms. The maximum absolute atomic E-state index is 11.4. The standard InChI is InChI=1S/C14H17N3O2/c1-3-17(9-13(18)19-2)14-11(8-15)7-10-5-4-6-12(10)16-14/h7H,3-6,9H2,1-2H3. The van der Waals surface area contributed by atoms with Gasteiger partial charge in [-0.3, -0.25) is 4.79 Å². The fourth-order valence-electron chi connectivity index (χ4n) is 2.34. The summed E-state index contributed by atoms with van der Waals surface area (Å²) >= 11 is 0. The summed E-state index contributed by atoms with van der Waals surface area (Å²) in [5.74, 6) is 0.268. The van der Waals surface area contributed by atoms with Crippen LogP contribution in [0.5, 0.6) is 0 Å². The van der Waals surface area contributed by atoms with E-state index in [1.165, 1.54) is 7.11 Å². The molecule has 0 spiro atoms. The Kier molecular flexibility index (Phi) is 4.00. The summed E-state index contributed by atoms with van der Waals surface area (Å²) in [7, 11) is 1.36. The number of methoxy groups -OCH3 is 1. The Morgan fingerprint density at radius 2 is 2.37 bits per heavy atom. The highest BCUT2D eigenvalue weighted by atomic mass is 16.5. The lowest BCUT2D eigenvalue weighted by Gasteiger charge is -2.22. The van der Waals surface area contributed by atoms with Crippen molar-refractivity contribution in [2.75, 3.05) is 25.1 Å². The number of nitriles is 1. The summed E-state index contributed by atoms with van der Waals surface area (Å²) < 4.78 is 4.68. The van der Waals surface area contributed by atoms with Crippen molar-refractivity contribution in [1.82, 2.24) is 4.98 Å². The van der Waals surface area contributed by atoms with E-state index in [9.17, 15) is 10.1 Å². The van der Waals surface area contributed by atoms with Gasteiger partial charge >= 0.3 is 5.97 Å². The van der Waals surface area contributed by atoms with Crippen LogP contribution in [-0.2, 0) is 22.4 Å². The summed E-state index contributed by atoms with van der Waals surface area (Å²) in [5.41, 5.74) is 2.75. The van der Waals surface area contributed by atoms with E-state index in [1.807, 2.05) is 13.0 Å². The minimum absolute atomic E-state index is 0.119. The number of pyridine rings is 1. The molecule has 0 aliphatic heterocycles. The number of rotatable bonds is 4. The Balaban J connectivity index is 2.36. The van der Waals surface area contributed by atoms with Gasteiger partial charge in [-0.2, -0.15) is 5.26 Å². The molecule has 0 fully saturated rings. The van der Waals surface area contributed by atoms with Gasteiger partial charge in [0.2, 0.25) is 0 Å². The molecule has 5 nitrogen and oxygen atoms in total. The van der Waals surface area contributed by atoms with Gasteiger partial charge in [0.15, 0.2) is 0 Å². The van der Waals surface area contributed by atoms with Gasteiger partial charge in [0.05, 0.1) is 12.7 Å². The molecule has 1 aromatic heterocycles. The number of ether oxygens (including phenoxy) is 1. The van der Waals surface area contributed by atoms with Crippen LogP contribution in [-0.4, -0.2) is 31.2 Å². The Bertz CT molecular complexity index is 534. The molecule has 1 heterocycles. The highest BCUT2D eigenvalue weighted by Crippen LogP contribution is 2.26. The molecule has 0 amide bonds. The van der Waals surface area contributed by atoms with Crippen LogP contribution < -0.4 is 4.90 Å². The topological polar surface area (TPSA) is 66.2 Å². The minimum Gasteiger partial charge on any atom is -0.468 e. The van der Waals surface area contributed by atoms with Gasteiger partial charge in [-0.1, -0.05) is 0 Å². The van der Waals surface area contributed by atoms with Crippen LogP contribution in [0.4, 0.5) is 5.82 Å². The summed E-state index contributed by atoms with van der Waals surface area (Å²) in [5, 5.41) is 9.25. The van der Waals surface area contributed by atoms with E-state index < -0.39 is 0 Å². The number of likely N-dealkylation sites (N-methyl/N-ethyl adjacent to an activating group) is 1. The smallest absolute Gasteiger partial charge is 0.325 e. The first-order valence-corrected chi connectivity index (χ1v) is 6.44. The van der Waals surface area contributed by atoms with Crippen molar-refractivity contribution < 1.29 is 9.53 Å². The Morgan fingerprint density at radius 3 is 3.00 bits per heavy atom. The maximum Gasteiger partial charge on any atom is 0.325 e. The van der Waals surface area contributed by atoms with Crippen LogP contribution >= 0.6 is 0 Å². The van der Waals surface area contributed by atoms with Gasteiger partial charge in [0, 0.05) is 12.2 Å². The zero-order valence-electron chi connectivity index (χ0n) is 11.3. The highest BCUT2D eigenvalue weighted by Gasteiger charge is 2.20. The molecular weight excluding hydrogens is 242 g/mol. The fourth-order valence-corrected chi connectivity index (χ4v) is 2.34. The second-order valence-corrected chi connectivity index (χ2v) is 4.52. The molecule has 0 saturated carbocycles. The molecule has 1 aromatic rings. The molecule has 2 rings (SSSR count). The average molecular weight is 259 g/mol. The third-order valence-corrected chi connectivity index (χ3v) is 3.38. The van der Waals surface area contributed by atoms with Crippen LogP contribution in [0.25, 0.3) is 0 Å². The third kappa shape index (κ3) is 2.68. The molecular formula is C14H17N3O2. The minimum atomic E-state index is -0.326. The summed E-state index contributed by atoms with van der Waals surface area (Å²) in [6.45, 7) is 2.65. The molecule has 0 aromatic carbocycles. The predicted molar refractivity (Wildman–Crippen MR) is 70.9 cm³/mol. The normalized spacial score (nSPS) is 12.7. The Morgan fingerprint density at radius 1 is 1.58 bits per heavy atom. The number of nitrogens with zero attached hydrogens (tertiary/aromatic N) is 3. The van der Waals surface area contributed by atoms with E-state index in [4.69, 9.17) is 0 Å². The summed E-state index contributed by atoms with van der Waals surface area (Å²) in [6, 6.07) is 4.08. The molecule has 1 aliphatic rings. The largest absolute Gasteiger partial charge is 0.468 e. The molecule has 0 radical (unpaired) electrons. The zero-order valence-corrected chi connectivity index (χ0v) is 11.3. The number of aryl methyl sites for hydroxylation is 2. The summed E-state index contributed by atoms with van der Waals surface area (Å²) in [6.07, 6.45) is 3.02. The van der Waals surface area contributed by atoms with Crippen molar-refractivity contribution in [3.63, 3.8) is 0 Å². The van der Waals surface area contributed by atoms with Gasteiger partial charge in [-0.25, -0.2) is 4.98 Å². The SMILES string of the molecule is CCN(CC(=O)OC)c1nc2c(cc1C#N)CCC2. The van der Waals surface area contributed by atoms with E-state index in [1.54, 1.807) is 4.90 Å². The lowest BCUT2D eigenvalue weighted by atomic mass is 10.1. The molecule has 0 atom stereocenters. The van der Waals surface area contributed by atoms with Gasteiger partial charge in [-0.15, -0.1) is 0 Å². The molecule has 1 aliphatic carbocycles. The molecule has 100 valence electrons. The zero-order chi connectivity index (χ0) is 13.8. The van der Waals surface area contributed by atoms with Crippen molar-refractivity contribution in [3.8, 4) is 6.07 Å². The van der Waals surface area contributed by atoms with Gasteiger partial charge in [-0.05, 0) is 37.8 Å². The fraction of sp³-hybridized carbons (Fsp3) is 0.500. The van der Waals surface area contributed by atoms with Gasteiger partial charge in [0.25, 0.3) is 0 Å². The number of hydrogen-bond donors (Lipinski definition) is 0. The molecule has 0 bridgehead atoms. The number of esters is 1. The number of carbonyl (C=O) groups excluding carboxylic acids is 1. The number of fused-ring (bicyclic) bond motifs is 1. The van der Waals surface area contributed by atoms with E-state index in [0.29, 0.717) is 17.9 Å². The van der Waals surface area contributed by atoms with Gasteiger partial charge in [0.1, 0.15) is 18.4 Å². The monoisotopic (exact) mass is 259 g/mol. The second kappa shape index (κ2) is 5.70. The van der Waals surface area contributed by atoms with Crippen molar-refractivity contribution >= 4 is 11.8 Å². The molecule has 19 heavy (non-hydrogen) atoms. The number of hydrogen-bond acceptors (Lipinski definition) is 5. The quantitative estimate of drug-likeness (QED) is 0.765. The van der Waals surface area contributed by atoms with Crippen molar-refractivity contribution in [2.24, 2.45) is 0 Å². The molecule has 0 N–H and O–H groups in total. The molecule has 0 unspecified atom stereocenters. The second-order valence-electron chi connectivity index (χ2n) is 4.52. The number of anilines is 1. The first kappa shape index (κ1) is 13.3. The number of carbonyl (C=O) groups is 1. The summed E-state index contributed by atoms with van der Waals surface area (Å²) in [4.78, 5) is 17.8. The number of aromatic nitrogens is 1. The van der Waals surface area contributed by atoms with E-state index in [-0.39, 0.29) is 12.5 Å². The van der Waals surface area contributed by atoms with Crippen LogP contribution in [0, 0.1) is 11.3 Å². The van der Waals surface area contributed by atoms with E-state index in [2.05, 4.69) is 15.8 Å². The first-order valence-electron chi connectivity index (χ1n) is 6.44. The van der Waals surface area contributed by atoms with Gasteiger partial charge < -0.3 is 9.64 Å². The van der Waals surface area contributed by atoms with E-state index >= 15 is 0 Å². The van der Waals surface area contributed by atoms with Crippen LogP contribution in [0.3, 0.4) is 0 Å². The average Bonchev–Trinajstić information content (AvgIpc) is 2.90. The lowest BCUT2D eigenvalue weighted by molar-refractivity contribution is -0.138. The van der Waals surface area contributed by atoms with Crippen LogP contribution in [0.15, 0.2) is 6.07 Å². The maximum atomic E-state index is 11.4. The van der Waals surface area contributed by atoms with Crippen molar-refractivity contribution in [1.29, 1.82) is 5.26 Å². The van der Waals surface area contributed by atoms with E-state index in [0.717, 1.165) is 30.5 Å². The van der Waals surface area contributed by atoms with Crippen molar-refractivity contribution in [3.05, 3.63) is 22.9 Å². The third-order valence-electron chi connectivity index (χ3n) is 3.38.